The van der Waals surface area contributed by atoms with E-state index in [0.717, 1.165) is 18.9 Å². The van der Waals surface area contributed by atoms with Crippen LogP contribution in [0.15, 0.2) is 18.3 Å². The molecule has 3 rings (SSSR count). The standard InChI is InChI=1S/C17H27N3/c1-2-3-15-6-7-17(18-12-15)14-20-10-8-19(9-11-20)13-16-4-5-16/h6-7,12,16H,2-5,8-11,13-14H2,1H3. The van der Waals surface area contributed by atoms with Crippen molar-refractivity contribution in [1.82, 2.24) is 14.8 Å². The lowest BCUT2D eigenvalue weighted by molar-refractivity contribution is 0.122. The number of pyridine rings is 1. The smallest absolute Gasteiger partial charge is 0.0544 e. The van der Waals surface area contributed by atoms with E-state index >= 15 is 0 Å². The summed E-state index contributed by atoms with van der Waals surface area (Å²) in [7, 11) is 0. The second kappa shape index (κ2) is 6.68. The number of nitrogens with zero attached hydrogens (tertiary/aromatic N) is 3. The molecule has 3 nitrogen and oxygen atoms in total. The van der Waals surface area contributed by atoms with Crippen molar-refractivity contribution in [3.8, 4) is 0 Å². The third-order valence-corrected chi connectivity index (χ3v) is 4.49. The Morgan fingerprint density at radius 2 is 1.85 bits per heavy atom. The second-order valence-corrected chi connectivity index (χ2v) is 6.43. The van der Waals surface area contributed by atoms with Crippen LogP contribution in [0.1, 0.15) is 37.4 Å². The van der Waals surface area contributed by atoms with Crippen molar-refractivity contribution in [3.63, 3.8) is 0 Å². The van der Waals surface area contributed by atoms with Crippen LogP contribution in [0.5, 0.6) is 0 Å². The average Bonchev–Trinajstić information content (AvgIpc) is 3.28. The van der Waals surface area contributed by atoms with Gasteiger partial charge in [0.15, 0.2) is 0 Å². The minimum absolute atomic E-state index is 1.02. The first-order chi connectivity index (χ1) is 9.83. The van der Waals surface area contributed by atoms with E-state index in [9.17, 15) is 0 Å². The first kappa shape index (κ1) is 14.0. The van der Waals surface area contributed by atoms with Gasteiger partial charge in [-0.15, -0.1) is 0 Å². The predicted molar refractivity (Wildman–Crippen MR) is 82.7 cm³/mol. The summed E-state index contributed by atoms with van der Waals surface area (Å²) >= 11 is 0. The maximum atomic E-state index is 4.61. The first-order valence-corrected chi connectivity index (χ1v) is 8.22. The summed E-state index contributed by atoms with van der Waals surface area (Å²) in [6.45, 7) is 9.46. The zero-order chi connectivity index (χ0) is 13.8. The number of aryl methyl sites for hydroxylation is 1. The second-order valence-electron chi connectivity index (χ2n) is 6.43. The largest absolute Gasteiger partial charge is 0.301 e. The van der Waals surface area contributed by atoms with Gasteiger partial charge >= 0.3 is 0 Å². The highest BCUT2D eigenvalue weighted by Crippen LogP contribution is 2.29. The van der Waals surface area contributed by atoms with Crippen LogP contribution in [-0.2, 0) is 13.0 Å². The van der Waals surface area contributed by atoms with Crippen LogP contribution in [0.2, 0.25) is 0 Å². The monoisotopic (exact) mass is 273 g/mol. The fourth-order valence-electron chi connectivity index (χ4n) is 3.01. The molecule has 2 heterocycles. The molecule has 0 radical (unpaired) electrons. The maximum absolute atomic E-state index is 4.61. The van der Waals surface area contributed by atoms with Crippen molar-refractivity contribution in [2.24, 2.45) is 5.92 Å². The van der Waals surface area contributed by atoms with Crippen LogP contribution in [0.4, 0.5) is 0 Å². The molecule has 1 saturated carbocycles. The molecule has 3 heteroatoms. The Morgan fingerprint density at radius 1 is 1.10 bits per heavy atom. The molecule has 0 aromatic carbocycles. The highest BCUT2D eigenvalue weighted by atomic mass is 15.3. The lowest BCUT2D eigenvalue weighted by Gasteiger charge is -2.34. The molecular weight excluding hydrogens is 246 g/mol. The van der Waals surface area contributed by atoms with Gasteiger partial charge in [-0.05, 0) is 36.8 Å². The van der Waals surface area contributed by atoms with Gasteiger partial charge in [-0.2, -0.15) is 0 Å². The highest BCUT2D eigenvalue weighted by molar-refractivity contribution is 5.14. The Balaban J connectivity index is 1.43. The third-order valence-electron chi connectivity index (χ3n) is 4.49. The van der Waals surface area contributed by atoms with E-state index < -0.39 is 0 Å². The molecule has 0 spiro atoms. The molecule has 0 amide bonds. The molecule has 2 aliphatic rings. The molecule has 1 aromatic heterocycles. The van der Waals surface area contributed by atoms with Crippen LogP contribution in [-0.4, -0.2) is 47.5 Å². The van der Waals surface area contributed by atoms with Gasteiger partial charge in [0.2, 0.25) is 0 Å². The molecule has 1 aliphatic heterocycles. The summed E-state index contributed by atoms with van der Waals surface area (Å²) in [5.41, 5.74) is 2.59. The van der Waals surface area contributed by atoms with Gasteiger partial charge in [0.1, 0.15) is 0 Å². The maximum Gasteiger partial charge on any atom is 0.0544 e. The summed E-state index contributed by atoms with van der Waals surface area (Å²) in [6.07, 6.45) is 7.34. The molecule has 20 heavy (non-hydrogen) atoms. The van der Waals surface area contributed by atoms with Gasteiger partial charge in [0.25, 0.3) is 0 Å². The van der Waals surface area contributed by atoms with Crippen LogP contribution in [0, 0.1) is 5.92 Å². The van der Waals surface area contributed by atoms with Crippen molar-refractivity contribution >= 4 is 0 Å². The third kappa shape index (κ3) is 4.03. The van der Waals surface area contributed by atoms with Gasteiger partial charge in [-0.1, -0.05) is 19.4 Å². The number of aromatic nitrogens is 1. The molecule has 1 aromatic rings. The van der Waals surface area contributed by atoms with Crippen LogP contribution in [0.25, 0.3) is 0 Å². The van der Waals surface area contributed by atoms with Crippen LogP contribution in [0.3, 0.4) is 0 Å². The number of hydrogen-bond donors (Lipinski definition) is 0. The van der Waals surface area contributed by atoms with Crippen molar-refractivity contribution in [2.75, 3.05) is 32.7 Å². The van der Waals surface area contributed by atoms with E-state index in [1.807, 2.05) is 0 Å². The zero-order valence-corrected chi connectivity index (χ0v) is 12.7. The van der Waals surface area contributed by atoms with E-state index in [0.29, 0.717) is 0 Å². The quantitative estimate of drug-likeness (QED) is 0.794. The van der Waals surface area contributed by atoms with Crippen molar-refractivity contribution in [1.29, 1.82) is 0 Å². The van der Waals surface area contributed by atoms with Gasteiger partial charge in [0.05, 0.1) is 5.69 Å². The minimum atomic E-state index is 1.02. The topological polar surface area (TPSA) is 19.4 Å². The minimum Gasteiger partial charge on any atom is -0.301 e. The molecule has 110 valence electrons. The Morgan fingerprint density at radius 3 is 2.45 bits per heavy atom. The fourth-order valence-corrected chi connectivity index (χ4v) is 3.01. The summed E-state index contributed by atoms with van der Waals surface area (Å²) in [5.74, 6) is 1.02. The van der Waals surface area contributed by atoms with Crippen LogP contribution < -0.4 is 0 Å². The summed E-state index contributed by atoms with van der Waals surface area (Å²) < 4.78 is 0. The molecule has 1 saturated heterocycles. The Hall–Kier alpha value is -0.930. The van der Waals surface area contributed by atoms with Crippen LogP contribution >= 0.6 is 0 Å². The van der Waals surface area contributed by atoms with E-state index in [2.05, 4.69) is 40.0 Å². The number of rotatable bonds is 6. The van der Waals surface area contributed by atoms with Gasteiger partial charge in [-0.25, -0.2) is 0 Å². The van der Waals surface area contributed by atoms with E-state index in [1.165, 1.54) is 63.2 Å². The fraction of sp³-hybridized carbons (Fsp3) is 0.706. The van der Waals surface area contributed by atoms with Crippen molar-refractivity contribution < 1.29 is 0 Å². The molecule has 0 bridgehead atoms. The molecular formula is C17H27N3. The molecule has 2 fully saturated rings. The molecule has 0 unspecified atom stereocenters. The molecule has 0 atom stereocenters. The summed E-state index contributed by atoms with van der Waals surface area (Å²) in [6, 6.07) is 4.46. The lowest BCUT2D eigenvalue weighted by atomic mass is 10.1. The van der Waals surface area contributed by atoms with Gasteiger partial charge < -0.3 is 4.90 Å². The van der Waals surface area contributed by atoms with Crippen molar-refractivity contribution in [3.05, 3.63) is 29.6 Å². The lowest BCUT2D eigenvalue weighted by Crippen LogP contribution is -2.46. The van der Waals surface area contributed by atoms with Gasteiger partial charge in [-0.3, -0.25) is 9.88 Å². The highest BCUT2D eigenvalue weighted by Gasteiger charge is 2.26. The Kier molecular flexibility index (Phi) is 4.69. The normalized spacial score (nSPS) is 21.2. The SMILES string of the molecule is CCCc1ccc(CN2CCN(CC3CC3)CC2)nc1. The van der Waals surface area contributed by atoms with E-state index in [1.54, 1.807) is 0 Å². The van der Waals surface area contributed by atoms with Gasteiger partial charge in [0, 0.05) is 45.5 Å². The average molecular weight is 273 g/mol. The summed E-state index contributed by atoms with van der Waals surface area (Å²) in [5, 5.41) is 0. The Labute approximate surface area is 123 Å². The van der Waals surface area contributed by atoms with E-state index in [-0.39, 0.29) is 0 Å². The molecule has 1 aliphatic carbocycles. The number of hydrogen-bond acceptors (Lipinski definition) is 3. The molecule has 0 N–H and O–H groups in total. The first-order valence-electron chi connectivity index (χ1n) is 8.22. The zero-order valence-electron chi connectivity index (χ0n) is 12.7. The van der Waals surface area contributed by atoms with E-state index in [4.69, 9.17) is 0 Å². The Bertz CT molecular complexity index is 403. The summed E-state index contributed by atoms with van der Waals surface area (Å²) in [4.78, 5) is 9.81. The number of piperazine rings is 1. The van der Waals surface area contributed by atoms with Crippen molar-refractivity contribution in [2.45, 2.75) is 39.2 Å². The predicted octanol–water partition coefficient (Wildman–Crippen LogP) is 2.56.